The molecule has 0 aliphatic heterocycles. The Bertz CT molecular complexity index is 972. The number of allylic oxidation sites excluding steroid dienone is 4. The summed E-state index contributed by atoms with van der Waals surface area (Å²) in [7, 11) is 0. The fourth-order valence-electron chi connectivity index (χ4n) is 4.36. The van der Waals surface area contributed by atoms with Crippen molar-refractivity contribution < 1.29 is 20.5 Å². The monoisotopic (exact) mass is 648 g/mol. The molecule has 0 saturated heterocycles. The van der Waals surface area contributed by atoms with Gasteiger partial charge in [0.2, 0.25) is 0 Å². The predicted octanol–water partition coefficient (Wildman–Crippen LogP) is 9.46. The van der Waals surface area contributed by atoms with Gasteiger partial charge in [-0.1, -0.05) is 71.6 Å². The topological polar surface area (TPSA) is 0 Å². The number of rotatable bonds is 0. The van der Waals surface area contributed by atoms with Gasteiger partial charge in [-0.2, -0.15) is 23.8 Å². The molecule has 0 spiro atoms. The van der Waals surface area contributed by atoms with Crippen LogP contribution in [0.15, 0.2) is 36.4 Å². The van der Waals surface area contributed by atoms with Crippen molar-refractivity contribution in [1.29, 1.82) is 0 Å². The van der Waals surface area contributed by atoms with Crippen molar-refractivity contribution in [3.8, 4) is 11.1 Å². The minimum atomic E-state index is -0.159. The second kappa shape index (κ2) is 19.8. The fraction of sp³-hybridized carbons (Fsp3) is 0.375. The maximum atomic E-state index is 3.69. The van der Waals surface area contributed by atoms with Gasteiger partial charge in [-0.25, -0.2) is 12.2 Å². The van der Waals surface area contributed by atoms with Crippen LogP contribution < -0.4 is 0 Å². The van der Waals surface area contributed by atoms with E-state index < -0.39 is 0 Å². The number of aryl methyl sites for hydroxylation is 2. The molecule has 4 radical (unpaired) electrons. The van der Waals surface area contributed by atoms with E-state index in [1.807, 2.05) is 12.2 Å². The first-order chi connectivity index (χ1) is 14.4. The van der Waals surface area contributed by atoms with Gasteiger partial charge in [-0.15, -0.1) is 47.9 Å². The van der Waals surface area contributed by atoms with Crippen LogP contribution in [0.4, 0.5) is 0 Å². The molecule has 0 fully saturated rings. The van der Waals surface area contributed by atoms with E-state index in [2.05, 4.69) is 106 Å². The van der Waals surface area contributed by atoms with Gasteiger partial charge < -0.3 is 29.7 Å². The molecular formula is C32H48Cl2Si2Zr-6. The number of hydrogen-bond acceptors (Lipinski definition) is 0. The summed E-state index contributed by atoms with van der Waals surface area (Å²) < 4.78 is 0. The van der Waals surface area contributed by atoms with Crippen LogP contribution in [-0.2, 0) is 37.7 Å². The predicted molar refractivity (Wildman–Crippen MR) is 174 cm³/mol. The second-order valence-electron chi connectivity index (χ2n) is 10.3. The van der Waals surface area contributed by atoms with Gasteiger partial charge in [0.05, 0.1) is 0 Å². The third kappa shape index (κ3) is 12.7. The van der Waals surface area contributed by atoms with Gasteiger partial charge in [0.15, 0.2) is 0 Å². The summed E-state index contributed by atoms with van der Waals surface area (Å²) in [6.07, 6.45) is 11.0. The Morgan fingerprint density at radius 2 is 1.27 bits per heavy atom. The molecule has 4 rings (SSSR count). The molecule has 0 unspecified atom stereocenters. The number of benzene rings is 2. The van der Waals surface area contributed by atoms with E-state index in [-0.39, 0.29) is 85.8 Å². The SMILES string of the molecule is Cc1[c-]c2c(cc1C(C)(C)C)-c1cc(C(C)(C)C)c(C)cc1C2.Cl.Cl.[C-]1=CC=CC1.[CH3-].[CH3-].[CH3-].[CH3-].[Si]=[Zr]=[Si]. The van der Waals surface area contributed by atoms with Crippen molar-refractivity contribution >= 4 is 38.6 Å². The zero-order chi connectivity index (χ0) is 23.4. The Labute approximate surface area is 259 Å². The molecule has 0 atom stereocenters. The van der Waals surface area contributed by atoms with E-state index in [1.54, 1.807) is 0 Å². The normalized spacial score (nSPS) is 11.2. The Morgan fingerprint density at radius 1 is 0.784 bits per heavy atom. The van der Waals surface area contributed by atoms with E-state index in [9.17, 15) is 0 Å². The molecule has 2 aliphatic carbocycles. The van der Waals surface area contributed by atoms with Crippen LogP contribution in [0.25, 0.3) is 11.1 Å². The zero-order valence-corrected chi connectivity index (χ0v) is 31.3. The molecule has 0 nitrogen and oxygen atoms in total. The van der Waals surface area contributed by atoms with E-state index in [4.69, 9.17) is 0 Å². The molecule has 0 saturated carbocycles. The summed E-state index contributed by atoms with van der Waals surface area (Å²) in [6.45, 7) is 24.8. The van der Waals surface area contributed by atoms with Crippen LogP contribution in [-0.4, -0.2) is 13.8 Å². The zero-order valence-electron chi connectivity index (χ0n) is 25.2. The van der Waals surface area contributed by atoms with Crippen molar-refractivity contribution in [2.75, 3.05) is 0 Å². The van der Waals surface area contributed by atoms with Gasteiger partial charge in [0, 0.05) is 0 Å². The Balaban J connectivity index is -0.000000213. The molecule has 2 aromatic rings. The second-order valence-corrected chi connectivity index (χ2v) is 16.9. The molecule has 2 aliphatic rings. The quantitative estimate of drug-likeness (QED) is 0.168. The molecule has 37 heavy (non-hydrogen) atoms. The molecule has 0 heterocycles. The third-order valence-corrected chi connectivity index (χ3v) is 5.67. The van der Waals surface area contributed by atoms with Crippen molar-refractivity contribution in [2.45, 2.75) is 79.1 Å². The maximum absolute atomic E-state index is 3.69. The molecule has 5 heteroatoms. The fourth-order valence-corrected chi connectivity index (χ4v) is 4.36. The molecule has 0 amide bonds. The summed E-state index contributed by atoms with van der Waals surface area (Å²) in [5.41, 5.74) is 11.6. The first-order valence-corrected chi connectivity index (χ1v) is 19.3. The van der Waals surface area contributed by atoms with E-state index in [0.717, 1.165) is 12.8 Å². The van der Waals surface area contributed by atoms with E-state index in [0.29, 0.717) is 0 Å². The molecule has 208 valence electrons. The first-order valence-electron chi connectivity index (χ1n) is 10.9. The van der Waals surface area contributed by atoms with Crippen LogP contribution >= 0.6 is 24.8 Å². The van der Waals surface area contributed by atoms with Gasteiger partial charge in [-0.05, 0) is 35.4 Å². The van der Waals surface area contributed by atoms with Crippen molar-refractivity contribution in [2.24, 2.45) is 0 Å². The van der Waals surface area contributed by atoms with Crippen molar-refractivity contribution in [3.63, 3.8) is 0 Å². The Kier molecular flexibility index (Phi) is 25.0. The van der Waals surface area contributed by atoms with Gasteiger partial charge in [0.25, 0.3) is 0 Å². The first kappa shape index (κ1) is 46.7. The average Bonchev–Trinajstić information content (AvgIpc) is 3.30. The van der Waals surface area contributed by atoms with Crippen molar-refractivity contribution in [3.05, 3.63) is 112 Å². The van der Waals surface area contributed by atoms with Gasteiger partial charge >= 0.3 is 34.2 Å². The third-order valence-electron chi connectivity index (χ3n) is 5.67. The number of halogens is 2. The summed E-state index contributed by atoms with van der Waals surface area (Å²) >= 11 is -0.159. The van der Waals surface area contributed by atoms with Crippen LogP contribution in [0.2, 0.25) is 0 Å². The molecule has 0 aromatic heterocycles. The summed E-state index contributed by atoms with van der Waals surface area (Å²) in [6, 6.07) is 10.9. The number of hydrogen-bond donors (Lipinski definition) is 0. The van der Waals surface area contributed by atoms with Crippen LogP contribution in [0.5, 0.6) is 0 Å². The standard InChI is InChI=1S/C23H29.C5H5.4CH3.2ClH.2Si.Zr/c1-14-9-16-11-17-10-15(2)21(23(6,7)8)13-19(17)18(16)12-20(14)22(3,4)5;1-2-4-5-3-1;;;;;;;;;/h9,12-13H,11H2,1-8H3;1-3H,4H2;4*1H3;2*1H;;;/q6*-1;;;;;. The van der Waals surface area contributed by atoms with Crippen LogP contribution in [0, 0.1) is 55.7 Å². The molecule has 2 aromatic carbocycles. The summed E-state index contributed by atoms with van der Waals surface area (Å²) in [5, 5.41) is 0. The average molecular weight is 651 g/mol. The van der Waals surface area contributed by atoms with E-state index in [1.165, 1.54) is 44.5 Å². The molecule has 0 N–H and O–H groups in total. The van der Waals surface area contributed by atoms with Crippen molar-refractivity contribution in [1.82, 2.24) is 0 Å². The number of fused-ring (bicyclic) bond motifs is 3. The Morgan fingerprint density at radius 3 is 1.65 bits per heavy atom. The summed E-state index contributed by atoms with van der Waals surface area (Å²) in [5.74, 6) is 0. The Hall–Kier alpha value is -0.183. The van der Waals surface area contributed by atoms with Crippen LogP contribution in [0.3, 0.4) is 0 Å². The van der Waals surface area contributed by atoms with Crippen LogP contribution in [0.1, 0.15) is 81.3 Å². The minimum absolute atomic E-state index is 0. The van der Waals surface area contributed by atoms with E-state index >= 15 is 0 Å². The van der Waals surface area contributed by atoms with Gasteiger partial charge in [0.1, 0.15) is 0 Å². The van der Waals surface area contributed by atoms with Gasteiger partial charge in [-0.3, -0.25) is 6.08 Å². The summed E-state index contributed by atoms with van der Waals surface area (Å²) in [4.78, 5) is 0. The molecule has 0 bridgehead atoms. The molecular weight excluding hydrogens is 603 g/mol.